The normalized spacial score (nSPS) is 23.6. The topological polar surface area (TPSA) is 73.8 Å². The number of alkyl halides is 6. The molecule has 0 fully saturated rings. The zero-order valence-corrected chi connectivity index (χ0v) is 15.9. The molecule has 0 spiro atoms. The molecule has 2 aromatic heterocycles. The molecule has 0 saturated carbocycles. The first kappa shape index (κ1) is 20.7. The van der Waals surface area contributed by atoms with Gasteiger partial charge in [-0.2, -0.15) is 31.4 Å². The van der Waals surface area contributed by atoms with Crippen molar-refractivity contribution in [3.63, 3.8) is 0 Å². The van der Waals surface area contributed by atoms with Gasteiger partial charge in [0.05, 0.1) is 11.7 Å². The van der Waals surface area contributed by atoms with E-state index in [-0.39, 0.29) is 17.8 Å². The molecule has 0 saturated heterocycles. The second kappa shape index (κ2) is 6.47. The summed E-state index contributed by atoms with van der Waals surface area (Å²) in [7, 11) is 0. The van der Waals surface area contributed by atoms with Crippen LogP contribution in [0, 0.1) is 5.41 Å². The highest BCUT2D eigenvalue weighted by atomic mass is 19.4. The van der Waals surface area contributed by atoms with E-state index in [0.29, 0.717) is 12.1 Å². The van der Waals surface area contributed by atoms with Crippen molar-refractivity contribution >= 4 is 5.82 Å². The van der Waals surface area contributed by atoms with E-state index in [0.717, 1.165) is 18.5 Å². The first-order chi connectivity index (χ1) is 13.8. The van der Waals surface area contributed by atoms with Crippen LogP contribution in [-0.4, -0.2) is 26.4 Å². The van der Waals surface area contributed by atoms with E-state index in [1.54, 1.807) is 0 Å². The molecule has 0 amide bonds. The van der Waals surface area contributed by atoms with Gasteiger partial charge < -0.3 is 10.4 Å². The average molecular weight is 432 g/mol. The van der Waals surface area contributed by atoms with Crippen LogP contribution >= 0.6 is 0 Å². The Balaban J connectivity index is 2.02. The number of pyridine rings is 1. The van der Waals surface area contributed by atoms with Crippen molar-refractivity contribution < 1.29 is 31.4 Å². The summed E-state index contributed by atoms with van der Waals surface area (Å²) in [5, 5.41) is 19.2. The smallest absolute Gasteiger partial charge is 0.389 e. The van der Waals surface area contributed by atoms with Gasteiger partial charge in [0.2, 0.25) is 0 Å². The van der Waals surface area contributed by atoms with Crippen LogP contribution in [0.1, 0.15) is 55.0 Å². The number of fused-ring (bicyclic) bond motifs is 1. The summed E-state index contributed by atoms with van der Waals surface area (Å²) < 4.78 is 82.1. The minimum absolute atomic E-state index is 0.0900. The van der Waals surface area contributed by atoms with Crippen molar-refractivity contribution in [2.75, 3.05) is 5.32 Å². The number of hydrogen-bond donors (Lipinski definition) is 3. The summed E-state index contributed by atoms with van der Waals surface area (Å²) in [5.41, 5.74) is -3.22. The third kappa shape index (κ3) is 3.34. The van der Waals surface area contributed by atoms with E-state index in [1.807, 2.05) is 18.9 Å². The fourth-order valence-electron chi connectivity index (χ4n) is 4.43. The molecule has 1 aliphatic heterocycles. The fraction of sp³-hybridized carbons (Fsp3) is 0.474. The second-order valence-corrected chi connectivity index (χ2v) is 8.37. The van der Waals surface area contributed by atoms with Crippen LogP contribution in [0.2, 0.25) is 0 Å². The van der Waals surface area contributed by atoms with Crippen LogP contribution in [0.3, 0.4) is 0 Å². The Kier molecular flexibility index (Phi) is 4.46. The molecule has 2 aromatic rings. The molecule has 2 unspecified atom stereocenters. The number of nitrogens with zero attached hydrogens (tertiary/aromatic N) is 2. The lowest BCUT2D eigenvalue weighted by Crippen LogP contribution is -2.37. The Hall–Kier alpha value is -2.56. The minimum atomic E-state index is -4.88. The van der Waals surface area contributed by atoms with Crippen molar-refractivity contribution in [3.8, 4) is 0 Å². The van der Waals surface area contributed by atoms with Crippen molar-refractivity contribution in [1.29, 1.82) is 0 Å². The SMILES string of the molecule is CC1(C)CC2=C(C(O)C1)C(c1cnccc1C(F)(F)F)c1c(n[nH]c1C(F)(F)F)N2. The van der Waals surface area contributed by atoms with Crippen LogP contribution in [0.4, 0.5) is 32.2 Å². The zero-order valence-electron chi connectivity index (χ0n) is 15.9. The Labute approximate surface area is 167 Å². The number of aromatic amines is 1. The number of anilines is 1. The third-order valence-corrected chi connectivity index (χ3v) is 5.53. The summed E-state index contributed by atoms with van der Waals surface area (Å²) in [6.45, 7) is 3.73. The lowest BCUT2D eigenvalue weighted by molar-refractivity contribution is -0.141. The maximum Gasteiger partial charge on any atom is 0.433 e. The van der Waals surface area contributed by atoms with Gasteiger partial charge in [-0.25, -0.2) is 0 Å². The van der Waals surface area contributed by atoms with Gasteiger partial charge in [-0.1, -0.05) is 13.8 Å². The molecule has 162 valence electrons. The lowest BCUT2D eigenvalue weighted by atomic mass is 9.68. The molecule has 2 atom stereocenters. The summed E-state index contributed by atoms with van der Waals surface area (Å²) >= 11 is 0. The molecule has 2 aliphatic rings. The molecule has 1 aliphatic carbocycles. The van der Waals surface area contributed by atoms with E-state index >= 15 is 0 Å². The highest BCUT2D eigenvalue weighted by Gasteiger charge is 2.49. The van der Waals surface area contributed by atoms with Gasteiger partial charge >= 0.3 is 12.4 Å². The molecule has 11 heteroatoms. The van der Waals surface area contributed by atoms with Crippen molar-refractivity contribution in [2.24, 2.45) is 5.41 Å². The van der Waals surface area contributed by atoms with E-state index < -0.39 is 52.2 Å². The van der Waals surface area contributed by atoms with Gasteiger partial charge in [0.25, 0.3) is 0 Å². The van der Waals surface area contributed by atoms with E-state index in [9.17, 15) is 31.4 Å². The molecule has 30 heavy (non-hydrogen) atoms. The van der Waals surface area contributed by atoms with Gasteiger partial charge in [0.15, 0.2) is 5.82 Å². The molecule has 0 aromatic carbocycles. The summed E-state index contributed by atoms with van der Waals surface area (Å²) in [4.78, 5) is 3.74. The van der Waals surface area contributed by atoms with Crippen LogP contribution in [-0.2, 0) is 12.4 Å². The first-order valence-corrected chi connectivity index (χ1v) is 9.14. The predicted octanol–water partition coefficient (Wildman–Crippen LogP) is 4.83. The summed E-state index contributed by atoms with van der Waals surface area (Å²) in [5.74, 6) is -1.70. The zero-order chi connectivity index (χ0) is 22.1. The lowest BCUT2D eigenvalue weighted by Gasteiger charge is -2.42. The van der Waals surface area contributed by atoms with Gasteiger partial charge in [-0.05, 0) is 35.5 Å². The average Bonchev–Trinajstić information content (AvgIpc) is 3.02. The van der Waals surface area contributed by atoms with Crippen LogP contribution in [0.25, 0.3) is 0 Å². The summed E-state index contributed by atoms with van der Waals surface area (Å²) in [6.07, 6.45) is -8.54. The number of allylic oxidation sites excluding steroid dienone is 1. The highest BCUT2D eigenvalue weighted by molar-refractivity contribution is 5.66. The van der Waals surface area contributed by atoms with Crippen LogP contribution in [0.5, 0.6) is 0 Å². The number of aromatic nitrogens is 3. The fourth-order valence-corrected chi connectivity index (χ4v) is 4.43. The van der Waals surface area contributed by atoms with Crippen LogP contribution in [0.15, 0.2) is 29.7 Å². The van der Waals surface area contributed by atoms with Gasteiger partial charge in [-0.3, -0.25) is 10.1 Å². The number of halogens is 6. The van der Waals surface area contributed by atoms with Crippen molar-refractivity contribution in [1.82, 2.24) is 15.2 Å². The van der Waals surface area contributed by atoms with Gasteiger partial charge in [0.1, 0.15) is 5.69 Å². The third-order valence-electron chi connectivity index (χ3n) is 5.53. The van der Waals surface area contributed by atoms with Gasteiger partial charge in [0, 0.05) is 29.6 Å². The monoisotopic (exact) mass is 432 g/mol. The van der Waals surface area contributed by atoms with E-state index in [1.165, 1.54) is 0 Å². The Morgan fingerprint density at radius 3 is 2.47 bits per heavy atom. The molecule has 3 heterocycles. The molecule has 5 nitrogen and oxygen atoms in total. The summed E-state index contributed by atoms with van der Waals surface area (Å²) in [6, 6.07) is 0.726. The molecule has 0 radical (unpaired) electrons. The molecule has 0 bridgehead atoms. The number of aliphatic hydroxyl groups excluding tert-OH is 1. The highest BCUT2D eigenvalue weighted by Crippen LogP contribution is 2.54. The quantitative estimate of drug-likeness (QED) is 0.564. The maximum atomic E-state index is 13.7. The molecule has 3 N–H and O–H groups in total. The van der Waals surface area contributed by atoms with Crippen LogP contribution < -0.4 is 5.32 Å². The van der Waals surface area contributed by atoms with E-state index in [2.05, 4.69) is 15.4 Å². The number of hydrogen-bond acceptors (Lipinski definition) is 4. The molecular weight excluding hydrogens is 414 g/mol. The van der Waals surface area contributed by atoms with E-state index in [4.69, 9.17) is 0 Å². The number of H-pyrrole nitrogens is 1. The maximum absolute atomic E-state index is 13.7. The molecular formula is C19H18F6N4O. The number of aliphatic hydroxyl groups is 1. The predicted molar refractivity (Wildman–Crippen MR) is 94.3 cm³/mol. The van der Waals surface area contributed by atoms with Gasteiger partial charge in [-0.15, -0.1) is 0 Å². The molecule has 4 rings (SSSR count). The number of rotatable bonds is 1. The van der Waals surface area contributed by atoms with Crippen molar-refractivity contribution in [2.45, 2.75) is 51.1 Å². The standard InChI is InChI=1S/C19H18F6N4O/c1-17(2)5-10-13(11(30)6-17)12(8-7-26-4-3-9(8)18(20,21)22)14-15(19(23,24)25)28-29-16(14)27-10/h3-4,7,11-12,30H,5-6H2,1-2H3,(H2,27,28,29). The number of nitrogens with one attached hydrogen (secondary N) is 2. The first-order valence-electron chi connectivity index (χ1n) is 9.14. The van der Waals surface area contributed by atoms with Crippen molar-refractivity contribution in [3.05, 3.63) is 52.1 Å². The Morgan fingerprint density at radius 1 is 1.13 bits per heavy atom. The Bertz CT molecular complexity index is 1020. The second-order valence-electron chi connectivity index (χ2n) is 8.37. The minimum Gasteiger partial charge on any atom is -0.389 e. The Morgan fingerprint density at radius 2 is 1.83 bits per heavy atom. The largest absolute Gasteiger partial charge is 0.433 e.